The molecule has 2 bridgehead atoms. The lowest BCUT2D eigenvalue weighted by Gasteiger charge is -2.27. The molecule has 3 saturated carbocycles. The van der Waals surface area contributed by atoms with E-state index in [0.29, 0.717) is 5.92 Å². The summed E-state index contributed by atoms with van der Waals surface area (Å²) in [6, 6.07) is 0.267. The van der Waals surface area contributed by atoms with Crippen molar-refractivity contribution >= 4 is 12.0 Å². The monoisotopic (exact) mass is 252 g/mol. The number of carboxylic acids is 1. The van der Waals surface area contributed by atoms with E-state index in [0.717, 1.165) is 25.2 Å². The first-order valence-corrected chi connectivity index (χ1v) is 6.92. The lowest BCUT2D eigenvalue weighted by atomic mass is 9.95. The zero-order chi connectivity index (χ0) is 12.7. The van der Waals surface area contributed by atoms with Crippen LogP contribution in [0.25, 0.3) is 0 Å². The van der Waals surface area contributed by atoms with Crippen LogP contribution in [0, 0.1) is 11.8 Å². The Morgan fingerprint density at radius 3 is 2.44 bits per heavy atom. The first-order valence-electron chi connectivity index (χ1n) is 6.92. The van der Waals surface area contributed by atoms with Crippen LogP contribution in [0.2, 0.25) is 0 Å². The summed E-state index contributed by atoms with van der Waals surface area (Å²) in [5, 5.41) is 11.9. The molecule has 5 heteroatoms. The fourth-order valence-electron chi connectivity index (χ4n) is 3.56. The van der Waals surface area contributed by atoms with Gasteiger partial charge < -0.3 is 15.3 Å². The third-order valence-electron chi connectivity index (χ3n) is 4.60. The Hall–Kier alpha value is -1.26. The minimum atomic E-state index is -0.926. The molecule has 0 aromatic heterocycles. The van der Waals surface area contributed by atoms with E-state index in [1.165, 1.54) is 24.2 Å². The number of nitrogens with one attached hydrogen (secondary N) is 1. The summed E-state index contributed by atoms with van der Waals surface area (Å²) in [6.45, 7) is -0.169. The van der Waals surface area contributed by atoms with Crippen LogP contribution in [-0.2, 0) is 4.79 Å². The van der Waals surface area contributed by atoms with Gasteiger partial charge in [0.2, 0.25) is 0 Å². The van der Waals surface area contributed by atoms with Gasteiger partial charge in [0.1, 0.15) is 6.54 Å². The van der Waals surface area contributed by atoms with Crippen LogP contribution in [-0.4, -0.2) is 40.6 Å². The summed E-state index contributed by atoms with van der Waals surface area (Å²) in [5.41, 5.74) is 0. The number of hydrogen-bond acceptors (Lipinski definition) is 2. The zero-order valence-corrected chi connectivity index (χ0v) is 10.5. The number of aliphatic carboxylic acids is 1. The second kappa shape index (κ2) is 4.44. The van der Waals surface area contributed by atoms with Crippen molar-refractivity contribution in [2.24, 2.45) is 11.8 Å². The van der Waals surface area contributed by atoms with E-state index >= 15 is 0 Å². The Morgan fingerprint density at radius 1 is 1.17 bits per heavy atom. The Morgan fingerprint density at radius 2 is 1.94 bits per heavy atom. The Bertz CT molecular complexity index is 367. The maximum atomic E-state index is 12.1. The van der Waals surface area contributed by atoms with Crippen molar-refractivity contribution in [1.29, 1.82) is 0 Å². The molecule has 0 aromatic carbocycles. The molecule has 0 radical (unpaired) electrons. The third kappa shape index (κ3) is 2.31. The smallest absolute Gasteiger partial charge is 0.323 e. The molecule has 3 aliphatic rings. The number of carbonyl (C=O) groups is 2. The molecule has 2 N–H and O–H groups in total. The topological polar surface area (TPSA) is 69.6 Å². The van der Waals surface area contributed by atoms with Crippen molar-refractivity contribution in [3.63, 3.8) is 0 Å². The average Bonchev–Trinajstić information content (AvgIpc) is 2.95. The molecule has 0 aliphatic heterocycles. The van der Waals surface area contributed by atoms with Gasteiger partial charge in [-0.3, -0.25) is 4.79 Å². The van der Waals surface area contributed by atoms with Crippen LogP contribution in [0.5, 0.6) is 0 Å². The van der Waals surface area contributed by atoms with Gasteiger partial charge in [-0.05, 0) is 43.9 Å². The van der Waals surface area contributed by atoms with Gasteiger partial charge in [0.25, 0.3) is 0 Å². The van der Waals surface area contributed by atoms with E-state index in [9.17, 15) is 9.59 Å². The fourth-order valence-corrected chi connectivity index (χ4v) is 3.56. The molecular weight excluding hydrogens is 232 g/mol. The molecular formula is C13H20N2O3. The first-order chi connectivity index (χ1) is 8.63. The first kappa shape index (κ1) is 11.8. The van der Waals surface area contributed by atoms with Crippen molar-refractivity contribution in [3.05, 3.63) is 0 Å². The zero-order valence-electron chi connectivity index (χ0n) is 10.5. The van der Waals surface area contributed by atoms with Crippen LogP contribution in [0.1, 0.15) is 38.5 Å². The third-order valence-corrected chi connectivity index (χ3v) is 4.60. The van der Waals surface area contributed by atoms with Crippen LogP contribution in [0.15, 0.2) is 0 Å². The molecule has 0 spiro atoms. The standard InChI is InChI=1S/C13H20N2O3/c16-12(17)7-15(10-3-4-10)13(18)14-11-6-8-1-2-9(11)5-8/h8-11H,1-7H2,(H,14,18)(H,16,17). The Kier molecular flexibility index (Phi) is 2.92. The van der Waals surface area contributed by atoms with E-state index in [1.54, 1.807) is 0 Å². The van der Waals surface area contributed by atoms with E-state index in [1.807, 2.05) is 0 Å². The number of rotatable bonds is 4. The molecule has 3 rings (SSSR count). The molecule has 18 heavy (non-hydrogen) atoms. The molecule has 3 aliphatic carbocycles. The molecule has 0 saturated heterocycles. The Balaban J connectivity index is 1.57. The van der Waals surface area contributed by atoms with Gasteiger partial charge in [0, 0.05) is 12.1 Å². The van der Waals surface area contributed by atoms with Crippen molar-refractivity contribution in [1.82, 2.24) is 10.2 Å². The van der Waals surface area contributed by atoms with Gasteiger partial charge in [-0.1, -0.05) is 6.42 Å². The van der Waals surface area contributed by atoms with E-state index < -0.39 is 5.97 Å². The maximum Gasteiger partial charge on any atom is 0.323 e. The minimum absolute atomic E-state index is 0.152. The predicted octanol–water partition coefficient (Wildman–Crippen LogP) is 1.43. The van der Waals surface area contributed by atoms with Crippen molar-refractivity contribution < 1.29 is 14.7 Å². The highest BCUT2D eigenvalue weighted by molar-refractivity contribution is 5.81. The lowest BCUT2D eigenvalue weighted by molar-refractivity contribution is -0.137. The largest absolute Gasteiger partial charge is 0.480 e. The Labute approximate surface area is 107 Å². The minimum Gasteiger partial charge on any atom is -0.480 e. The van der Waals surface area contributed by atoms with Gasteiger partial charge in [0.15, 0.2) is 0 Å². The molecule has 3 unspecified atom stereocenters. The van der Waals surface area contributed by atoms with Gasteiger partial charge in [-0.15, -0.1) is 0 Å². The summed E-state index contributed by atoms with van der Waals surface area (Å²) in [7, 11) is 0. The molecule has 0 aromatic rings. The average molecular weight is 252 g/mol. The second-order valence-electron chi connectivity index (χ2n) is 5.98. The highest BCUT2D eigenvalue weighted by atomic mass is 16.4. The van der Waals surface area contributed by atoms with Gasteiger partial charge in [0.05, 0.1) is 0 Å². The van der Waals surface area contributed by atoms with Crippen molar-refractivity contribution in [3.8, 4) is 0 Å². The molecule has 100 valence electrons. The number of hydrogen-bond donors (Lipinski definition) is 2. The van der Waals surface area contributed by atoms with Gasteiger partial charge >= 0.3 is 12.0 Å². The van der Waals surface area contributed by atoms with Crippen molar-refractivity contribution in [2.45, 2.75) is 50.6 Å². The van der Waals surface area contributed by atoms with Gasteiger partial charge in [-0.25, -0.2) is 4.79 Å². The quantitative estimate of drug-likeness (QED) is 0.795. The van der Waals surface area contributed by atoms with Crippen molar-refractivity contribution in [2.75, 3.05) is 6.54 Å². The van der Waals surface area contributed by atoms with E-state index in [2.05, 4.69) is 5.32 Å². The van der Waals surface area contributed by atoms with Gasteiger partial charge in [-0.2, -0.15) is 0 Å². The molecule has 5 nitrogen and oxygen atoms in total. The summed E-state index contributed by atoms with van der Waals surface area (Å²) >= 11 is 0. The number of urea groups is 1. The number of nitrogens with zero attached hydrogens (tertiary/aromatic N) is 1. The van der Waals surface area contributed by atoms with E-state index in [-0.39, 0.29) is 24.7 Å². The number of carboxylic acid groups (broad SMARTS) is 1. The van der Waals surface area contributed by atoms with Crippen LogP contribution in [0.4, 0.5) is 4.79 Å². The molecule has 0 heterocycles. The number of fused-ring (bicyclic) bond motifs is 2. The van der Waals surface area contributed by atoms with Crippen LogP contribution >= 0.6 is 0 Å². The SMILES string of the molecule is O=C(O)CN(C(=O)NC1CC2CCC1C2)C1CC1. The van der Waals surface area contributed by atoms with Crippen LogP contribution in [0.3, 0.4) is 0 Å². The summed E-state index contributed by atoms with van der Waals surface area (Å²) in [4.78, 5) is 24.4. The maximum absolute atomic E-state index is 12.1. The second-order valence-corrected chi connectivity index (χ2v) is 5.98. The van der Waals surface area contributed by atoms with Crippen LogP contribution < -0.4 is 5.32 Å². The summed E-state index contributed by atoms with van der Waals surface area (Å²) in [6.07, 6.45) is 6.74. The lowest BCUT2D eigenvalue weighted by Crippen LogP contribution is -2.49. The fraction of sp³-hybridized carbons (Fsp3) is 0.846. The number of carbonyl (C=O) groups excluding carboxylic acids is 1. The molecule has 3 fully saturated rings. The highest BCUT2D eigenvalue weighted by Gasteiger charge is 2.42. The molecule has 2 amide bonds. The summed E-state index contributed by atoms with van der Waals surface area (Å²) in [5.74, 6) is 0.490. The number of amides is 2. The normalized spacial score (nSPS) is 33.4. The van der Waals surface area contributed by atoms with E-state index in [4.69, 9.17) is 5.11 Å². The molecule has 3 atom stereocenters. The summed E-state index contributed by atoms with van der Waals surface area (Å²) < 4.78 is 0. The highest BCUT2D eigenvalue weighted by Crippen LogP contribution is 2.44. The predicted molar refractivity (Wildman–Crippen MR) is 65.1 cm³/mol.